The summed E-state index contributed by atoms with van der Waals surface area (Å²) in [5.74, 6) is 0.511. The number of hydrogen-bond donors (Lipinski definition) is 0. The number of rotatable bonds is 5. The fourth-order valence-corrected chi connectivity index (χ4v) is 4.22. The van der Waals surface area contributed by atoms with Gasteiger partial charge in [-0.05, 0) is 36.4 Å². The quantitative estimate of drug-likeness (QED) is 0.493. The fourth-order valence-electron chi connectivity index (χ4n) is 2.71. The van der Waals surface area contributed by atoms with Gasteiger partial charge in [-0.3, -0.25) is 9.97 Å². The first-order chi connectivity index (χ1) is 13.5. The molecule has 4 rings (SSSR count). The molecule has 0 radical (unpaired) electrons. The number of benzene rings is 1. The molecule has 8 nitrogen and oxygen atoms in total. The summed E-state index contributed by atoms with van der Waals surface area (Å²) in [4.78, 5) is 12.5. The molecule has 0 atom stereocenters. The molecule has 10 heteroatoms. The second kappa shape index (κ2) is 7.27. The van der Waals surface area contributed by atoms with Gasteiger partial charge in [-0.15, -0.1) is 0 Å². The van der Waals surface area contributed by atoms with Gasteiger partial charge in [0.2, 0.25) is 21.7 Å². The van der Waals surface area contributed by atoms with Crippen LogP contribution in [-0.2, 0) is 16.6 Å². The van der Waals surface area contributed by atoms with E-state index >= 15 is 0 Å². The van der Waals surface area contributed by atoms with Gasteiger partial charge in [-0.25, -0.2) is 8.42 Å². The second-order valence-electron chi connectivity index (χ2n) is 5.96. The van der Waals surface area contributed by atoms with Crippen molar-refractivity contribution in [2.45, 2.75) is 11.4 Å². The summed E-state index contributed by atoms with van der Waals surface area (Å²) < 4.78 is 32.5. The highest BCUT2D eigenvalue weighted by Gasteiger charge is 2.26. The number of sulfonamides is 1. The van der Waals surface area contributed by atoms with E-state index in [1.54, 1.807) is 42.9 Å². The standard InChI is InChI=1S/C18H14ClN5O3S/c1-24(11-16-22-18(23-27-16)12-4-2-8-20-10-12)28(25,26)15-7-6-14(19)17-13(15)5-3-9-21-17/h2-10H,11H2,1H3. The van der Waals surface area contributed by atoms with Crippen LogP contribution in [0.15, 0.2) is 64.4 Å². The molecule has 28 heavy (non-hydrogen) atoms. The van der Waals surface area contributed by atoms with Gasteiger partial charge in [0.15, 0.2) is 0 Å². The van der Waals surface area contributed by atoms with E-state index in [0.29, 0.717) is 27.3 Å². The maximum atomic E-state index is 13.1. The van der Waals surface area contributed by atoms with E-state index in [4.69, 9.17) is 16.1 Å². The van der Waals surface area contributed by atoms with Crippen molar-refractivity contribution in [1.82, 2.24) is 24.4 Å². The van der Waals surface area contributed by atoms with Crippen molar-refractivity contribution < 1.29 is 12.9 Å². The van der Waals surface area contributed by atoms with Crippen LogP contribution in [0.1, 0.15) is 5.89 Å². The molecule has 0 spiro atoms. The Hall–Kier alpha value is -2.88. The van der Waals surface area contributed by atoms with E-state index in [-0.39, 0.29) is 17.3 Å². The van der Waals surface area contributed by atoms with E-state index < -0.39 is 10.0 Å². The van der Waals surface area contributed by atoms with E-state index in [1.165, 1.54) is 19.2 Å². The summed E-state index contributed by atoms with van der Waals surface area (Å²) in [6, 6.07) is 9.85. The van der Waals surface area contributed by atoms with Gasteiger partial charge in [0.05, 0.1) is 22.0 Å². The first-order valence-electron chi connectivity index (χ1n) is 8.19. The van der Waals surface area contributed by atoms with Crippen LogP contribution in [0.25, 0.3) is 22.3 Å². The number of nitrogens with zero attached hydrogens (tertiary/aromatic N) is 5. The zero-order chi connectivity index (χ0) is 19.7. The largest absolute Gasteiger partial charge is 0.338 e. The van der Waals surface area contributed by atoms with Crippen molar-refractivity contribution in [2.24, 2.45) is 0 Å². The molecular formula is C18H14ClN5O3S. The Bertz CT molecular complexity index is 1240. The van der Waals surface area contributed by atoms with Gasteiger partial charge in [-0.2, -0.15) is 9.29 Å². The molecule has 0 saturated carbocycles. The number of fused-ring (bicyclic) bond motifs is 1. The van der Waals surface area contributed by atoms with Gasteiger partial charge < -0.3 is 4.52 Å². The van der Waals surface area contributed by atoms with Crippen LogP contribution in [-0.4, -0.2) is 39.9 Å². The number of hydrogen-bond acceptors (Lipinski definition) is 7. The van der Waals surface area contributed by atoms with Gasteiger partial charge in [0, 0.05) is 36.6 Å². The summed E-state index contributed by atoms with van der Waals surface area (Å²) >= 11 is 6.14. The molecule has 0 N–H and O–H groups in total. The Morgan fingerprint density at radius 3 is 2.75 bits per heavy atom. The van der Waals surface area contributed by atoms with Gasteiger partial charge >= 0.3 is 0 Å². The van der Waals surface area contributed by atoms with E-state index in [9.17, 15) is 8.42 Å². The predicted octanol–water partition coefficient (Wildman–Crippen LogP) is 3.15. The van der Waals surface area contributed by atoms with Gasteiger partial charge in [0.1, 0.15) is 0 Å². The molecule has 0 unspecified atom stereocenters. The highest BCUT2D eigenvalue weighted by molar-refractivity contribution is 7.89. The molecule has 4 aromatic rings. The van der Waals surface area contributed by atoms with Crippen molar-refractivity contribution in [1.29, 1.82) is 0 Å². The van der Waals surface area contributed by atoms with Crippen LogP contribution in [0.4, 0.5) is 0 Å². The third-order valence-corrected chi connectivity index (χ3v) is 6.28. The second-order valence-corrected chi connectivity index (χ2v) is 8.38. The zero-order valence-electron chi connectivity index (χ0n) is 14.7. The van der Waals surface area contributed by atoms with Crippen LogP contribution in [0.3, 0.4) is 0 Å². The average molecular weight is 416 g/mol. The zero-order valence-corrected chi connectivity index (χ0v) is 16.2. The molecule has 1 aromatic carbocycles. The predicted molar refractivity (Wildman–Crippen MR) is 103 cm³/mol. The van der Waals surface area contributed by atoms with Crippen LogP contribution in [0.2, 0.25) is 5.02 Å². The van der Waals surface area contributed by atoms with Crippen LogP contribution >= 0.6 is 11.6 Å². The summed E-state index contributed by atoms with van der Waals surface area (Å²) in [5, 5.41) is 4.71. The van der Waals surface area contributed by atoms with Crippen LogP contribution in [0, 0.1) is 0 Å². The topological polar surface area (TPSA) is 102 Å². The van der Waals surface area contributed by atoms with E-state index in [1.807, 2.05) is 0 Å². The molecule has 142 valence electrons. The molecule has 0 aliphatic heterocycles. The van der Waals surface area contributed by atoms with Gasteiger partial charge in [0.25, 0.3) is 0 Å². The third kappa shape index (κ3) is 3.35. The molecule has 0 fully saturated rings. The van der Waals surface area contributed by atoms with Crippen LogP contribution < -0.4 is 0 Å². The molecule has 3 aromatic heterocycles. The Labute approximate surface area is 165 Å². The fraction of sp³-hybridized carbons (Fsp3) is 0.111. The Morgan fingerprint density at radius 1 is 1.14 bits per heavy atom. The van der Waals surface area contributed by atoms with Crippen molar-refractivity contribution in [2.75, 3.05) is 7.05 Å². The monoisotopic (exact) mass is 415 g/mol. The smallest absolute Gasteiger partial charge is 0.243 e. The maximum absolute atomic E-state index is 13.1. The van der Waals surface area contributed by atoms with Crippen molar-refractivity contribution in [3.63, 3.8) is 0 Å². The van der Waals surface area contributed by atoms with E-state index in [0.717, 1.165) is 4.31 Å². The molecular weight excluding hydrogens is 402 g/mol. The minimum atomic E-state index is -3.84. The SMILES string of the molecule is CN(Cc1nc(-c2cccnc2)no1)S(=O)(=O)c1ccc(Cl)c2ncccc12. The molecule has 0 bridgehead atoms. The average Bonchev–Trinajstić information content (AvgIpc) is 3.17. The number of halogens is 1. The first kappa shape index (κ1) is 18.5. The minimum Gasteiger partial charge on any atom is -0.338 e. The van der Waals surface area contributed by atoms with Gasteiger partial charge in [-0.1, -0.05) is 16.8 Å². The molecule has 0 saturated heterocycles. The number of pyridine rings is 2. The van der Waals surface area contributed by atoms with Crippen molar-refractivity contribution in [3.8, 4) is 11.4 Å². The Kier molecular flexibility index (Phi) is 4.80. The first-order valence-corrected chi connectivity index (χ1v) is 10.0. The van der Waals surface area contributed by atoms with E-state index in [2.05, 4.69) is 20.1 Å². The summed E-state index contributed by atoms with van der Waals surface area (Å²) in [7, 11) is -2.40. The Balaban J connectivity index is 1.64. The molecule has 0 aliphatic rings. The molecule has 0 amide bonds. The maximum Gasteiger partial charge on any atom is 0.243 e. The van der Waals surface area contributed by atoms with Crippen molar-refractivity contribution in [3.05, 3.63) is 65.9 Å². The normalized spacial score (nSPS) is 12.0. The highest BCUT2D eigenvalue weighted by Crippen LogP contribution is 2.29. The molecule has 3 heterocycles. The third-order valence-electron chi connectivity index (χ3n) is 4.11. The Morgan fingerprint density at radius 2 is 1.96 bits per heavy atom. The summed E-state index contributed by atoms with van der Waals surface area (Å²) in [6.45, 7) is -0.0834. The molecule has 0 aliphatic carbocycles. The lowest BCUT2D eigenvalue weighted by Crippen LogP contribution is -2.27. The lowest BCUT2D eigenvalue weighted by atomic mass is 10.2. The number of aromatic nitrogens is 4. The minimum absolute atomic E-state index is 0.0834. The summed E-state index contributed by atoms with van der Waals surface area (Å²) in [6.07, 6.45) is 4.80. The van der Waals surface area contributed by atoms with Crippen molar-refractivity contribution >= 4 is 32.5 Å². The lowest BCUT2D eigenvalue weighted by molar-refractivity contribution is 0.337. The highest BCUT2D eigenvalue weighted by atomic mass is 35.5. The summed E-state index contributed by atoms with van der Waals surface area (Å²) in [5.41, 5.74) is 1.10. The lowest BCUT2D eigenvalue weighted by Gasteiger charge is -2.16. The van der Waals surface area contributed by atoms with Crippen LogP contribution in [0.5, 0.6) is 0 Å².